The van der Waals surface area contributed by atoms with Crippen LogP contribution in [0.2, 0.25) is 0 Å². The Morgan fingerprint density at radius 1 is 0.806 bits per heavy atom. The molecule has 1 atom stereocenters. The van der Waals surface area contributed by atoms with Crippen LogP contribution in [0.15, 0.2) is 78.9 Å². The number of amides is 1. The van der Waals surface area contributed by atoms with Crippen LogP contribution in [0.5, 0.6) is 11.5 Å². The lowest BCUT2D eigenvalue weighted by Crippen LogP contribution is -2.35. The van der Waals surface area contributed by atoms with E-state index in [-0.39, 0.29) is 24.5 Å². The maximum atomic E-state index is 12.5. The highest BCUT2D eigenvalue weighted by atomic mass is 16.5. The molecule has 0 saturated carbocycles. The highest BCUT2D eigenvalue weighted by Gasteiger charge is 2.18. The number of carbonyl (C=O) groups is 1. The molecule has 3 aromatic carbocycles. The van der Waals surface area contributed by atoms with Gasteiger partial charge in [-0.25, -0.2) is 0 Å². The Bertz CT molecular complexity index is 934. The van der Waals surface area contributed by atoms with Crippen molar-refractivity contribution in [2.75, 3.05) is 6.61 Å². The minimum atomic E-state index is -0.136. The molecular formula is C27H31NO3. The van der Waals surface area contributed by atoms with Crippen molar-refractivity contribution in [3.8, 4) is 11.5 Å². The molecule has 4 heteroatoms. The summed E-state index contributed by atoms with van der Waals surface area (Å²) in [5, 5.41) is 3.10. The standard InChI is InChI=1S/C27H31NO3/c1-4-21-10-12-23(13-11-21)27(20(2)3)28-26(29)19-31-25-16-14-24(15-17-25)30-18-22-8-6-5-7-9-22/h5-17,20,27H,4,18-19H2,1-3H3,(H,28,29)/t27-/m1/s1. The van der Waals surface area contributed by atoms with Crippen molar-refractivity contribution in [2.45, 2.75) is 39.8 Å². The van der Waals surface area contributed by atoms with Gasteiger partial charge in [0.1, 0.15) is 18.1 Å². The molecule has 0 fully saturated rings. The van der Waals surface area contributed by atoms with Gasteiger partial charge >= 0.3 is 0 Å². The van der Waals surface area contributed by atoms with E-state index in [1.807, 2.05) is 54.6 Å². The number of rotatable bonds is 10. The maximum absolute atomic E-state index is 12.5. The number of hydrogen-bond donors (Lipinski definition) is 1. The fourth-order valence-electron chi connectivity index (χ4n) is 3.33. The van der Waals surface area contributed by atoms with Crippen molar-refractivity contribution in [1.82, 2.24) is 5.32 Å². The Morgan fingerprint density at radius 3 is 2.00 bits per heavy atom. The molecule has 162 valence electrons. The summed E-state index contributed by atoms with van der Waals surface area (Å²) in [6.45, 7) is 6.83. The lowest BCUT2D eigenvalue weighted by molar-refractivity contribution is -0.124. The quantitative estimate of drug-likeness (QED) is 0.459. The molecule has 1 amide bonds. The first kappa shape index (κ1) is 22.4. The number of carbonyl (C=O) groups excluding carboxylic acids is 1. The van der Waals surface area contributed by atoms with Gasteiger partial charge in [-0.2, -0.15) is 0 Å². The Morgan fingerprint density at radius 2 is 1.42 bits per heavy atom. The Hall–Kier alpha value is -3.27. The Labute approximate surface area is 185 Å². The van der Waals surface area contributed by atoms with Crippen LogP contribution in [-0.4, -0.2) is 12.5 Å². The van der Waals surface area contributed by atoms with Gasteiger partial charge in [-0.15, -0.1) is 0 Å². The molecule has 4 nitrogen and oxygen atoms in total. The molecular weight excluding hydrogens is 386 g/mol. The maximum Gasteiger partial charge on any atom is 0.258 e. The summed E-state index contributed by atoms with van der Waals surface area (Å²) in [4.78, 5) is 12.5. The molecule has 0 unspecified atom stereocenters. The van der Waals surface area contributed by atoms with E-state index in [0.717, 1.165) is 23.3 Å². The second-order valence-electron chi connectivity index (χ2n) is 7.92. The van der Waals surface area contributed by atoms with Crippen LogP contribution in [0.25, 0.3) is 0 Å². The molecule has 0 aliphatic rings. The van der Waals surface area contributed by atoms with Gasteiger partial charge in [-0.1, -0.05) is 75.4 Å². The van der Waals surface area contributed by atoms with Crippen molar-refractivity contribution in [2.24, 2.45) is 5.92 Å². The van der Waals surface area contributed by atoms with E-state index in [4.69, 9.17) is 9.47 Å². The molecule has 0 aromatic heterocycles. The van der Waals surface area contributed by atoms with Gasteiger partial charge in [-0.3, -0.25) is 4.79 Å². The number of ether oxygens (including phenoxy) is 2. The zero-order chi connectivity index (χ0) is 22.1. The summed E-state index contributed by atoms with van der Waals surface area (Å²) in [5.41, 5.74) is 3.51. The molecule has 0 spiro atoms. The molecule has 3 aromatic rings. The highest BCUT2D eigenvalue weighted by Crippen LogP contribution is 2.23. The molecule has 0 bridgehead atoms. The predicted molar refractivity (Wildman–Crippen MR) is 124 cm³/mol. The second-order valence-corrected chi connectivity index (χ2v) is 7.92. The van der Waals surface area contributed by atoms with Crippen LogP contribution in [-0.2, 0) is 17.8 Å². The zero-order valence-electron chi connectivity index (χ0n) is 18.5. The Kier molecular flexibility index (Phi) is 8.11. The summed E-state index contributed by atoms with van der Waals surface area (Å²) < 4.78 is 11.5. The van der Waals surface area contributed by atoms with Crippen LogP contribution in [0.4, 0.5) is 0 Å². The van der Waals surface area contributed by atoms with E-state index in [0.29, 0.717) is 12.4 Å². The third-order valence-corrected chi connectivity index (χ3v) is 5.17. The van der Waals surface area contributed by atoms with E-state index in [1.54, 1.807) is 0 Å². The van der Waals surface area contributed by atoms with Gasteiger partial charge in [0.25, 0.3) is 5.91 Å². The van der Waals surface area contributed by atoms with Crippen LogP contribution in [0.1, 0.15) is 43.5 Å². The first-order valence-electron chi connectivity index (χ1n) is 10.8. The molecule has 0 radical (unpaired) electrons. The lowest BCUT2D eigenvalue weighted by atomic mass is 9.95. The van der Waals surface area contributed by atoms with Crippen LogP contribution >= 0.6 is 0 Å². The summed E-state index contributed by atoms with van der Waals surface area (Å²) in [6, 6.07) is 25.7. The third kappa shape index (κ3) is 6.88. The van der Waals surface area contributed by atoms with E-state index < -0.39 is 0 Å². The normalized spacial score (nSPS) is 11.7. The molecule has 3 rings (SSSR count). The van der Waals surface area contributed by atoms with Crippen molar-refractivity contribution in [3.63, 3.8) is 0 Å². The fraction of sp³-hybridized carbons (Fsp3) is 0.296. The van der Waals surface area contributed by atoms with E-state index >= 15 is 0 Å². The van der Waals surface area contributed by atoms with E-state index in [1.165, 1.54) is 5.56 Å². The summed E-state index contributed by atoms with van der Waals surface area (Å²) in [5.74, 6) is 1.53. The van der Waals surface area contributed by atoms with Crippen LogP contribution in [0.3, 0.4) is 0 Å². The minimum absolute atomic E-state index is 0.0273. The smallest absolute Gasteiger partial charge is 0.258 e. The molecule has 31 heavy (non-hydrogen) atoms. The topological polar surface area (TPSA) is 47.6 Å². The van der Waals surface area contributed by atoms with Crippen LogP contribution in [0, 0.1) is 5.92 Å². The molecule has 0 aliphatic carbocycles. The van der Waals surface area contributed by atoms with Gasteiger partial charge < -0.3 is 14.8 Å². The predicted octanol–water partition coefficient (Wildman–Crippen LogP) is 5.72. The molecule has 1 N–H and O–H groups in total. The minimum Gasteiger partial charge on any atom is -0.489 e. The first-order chi connectivity index (χ1) is 15.0. The van der Waals surface area contributed by atoms with Crippen molar-refractivity contribution in [1.29, 1.82) is 0 Å². The number of aryl methyl sites for hydroxylation is 1. The van der Waals surface area contributed by atoms with Gasteiger partial charge in [0.15, 0.2) is 6.61 Å². The summed E-state index contributed by atoms with van der Waals surface area (Å²) in [7, 11) is 0. The highest BCUT2D eigenvalue weighted by molar-refractivity contribution is 5.78. The van der Waals surface area contributed by atoms with E-state index in [9.17, 15) is 4.79 Å². The first-order valence-corrected chi connectivity index (χ1v) is 10.8. The second kappa shape index (κ2) is 11.2. The average molecular weight is 418 g/mol. The molecule has 0 saturated heterocycles. The van der Waals surface area contributed by atoms with Gasteiger partial charge in [0.2, 0.25) is 0 Å². The third-order valence-electron chi connectivity index (χ3n) is 5.17. The summed E-state index contributed by atoms with van der Waals surface area (Å²) >= 11 is 0. The fourth-order valence-corrected chi connectivity index (χ4v) is 3.33. The van der Waals surface area contributed by atoms with Crippen molar-refractivity contribution in [3.05, 3.63) is 95.6 Å². The SMILES string of the molecule is CCc1ccc([C@H](NC(=O)COc2ccc(OCc3ccccc3)cc2)C(C)C)cc1. The largest absolute Gasteiger partial charge is 0.489 e. The lowest BCUT2D eigenvalue weighted by Gasteiger charge is -2.23. The monoisotopic (exact) mass is 417 g/mol. The number of benzene rings is 3. The number of hydrogen-bond acceptors (Lipinski definition) is 3. The van der Waals surface area contributed by atoms with Crippen molar-refractivity contribution >= 4 is 5.91 Å². The Balaban J connectivity index is 1.49. The zero-order valence-corrected chi connectivity index (χ0v) is 18.5. The molecule has 0 aliphatic heterocycles. The van der Waals surface area contributed by atoms with Gasteiger partial charge in [0.05, 0.1) is 6.04 Å². The van der Waals surface area contributed by atoms with Gasteiger partial charge in [0, 0.05) is 0 Å². The summed E-state index contributed by atoms with van der Waals surface area (Å²) in [6.07, 6.45) is 1.00. The van der Waals surface area contributed by atoms with Gasteiger partial charge in [-0.05, 0) is 53.3 Å². The molecule has 0 heterocycles. The number of nitrogens with one attached hydrogen (secondary N) is 1. The van der Waals surface area contributed by atoms with E-state index in [2.05, 4.69) is 50.4 Å². The van der Waals surface area contributed by atoms with Crippen molar-refractivity contribution < 1.29 is 14.3 Å². The van der Waals surface area contributed by atoms with Crippen LogP contribution < -0.4 is 14.8 Å². The average Bonchev–Trinajstić information content (AvgIpc) is 2.81.